The fraction of sp³-hybridized carbons (Fsp3) is 0.125. The number of anilines is 1. The van der Waals surface area contributed by atoms with Crippen molar-refractivity contribution in [1.29, 1.82) is 0 Å². The summed E-state index contributed by atoms with van der Waals surface area (Å²) in [4.78, 5) is 21.7. The number of fused-ring (bicyclic) bond motifs is 1. The van der Waals surface area contributed by atoms with E-state index in [1.807, 2.05) is 0 Å². The Balaban J connectivity index is 2.34. The highest BCUT2D eigenvalue weighted by atomic mass is 35.5. The number of aromatic amines is 1. The van der Waals surface area contributed by atoms with Crippen LogP contribution in [0.1, 0.15) is 0 Å². The second-order valence-electron chi connectivity index (χ2n) is 2.71. The first-order chi connectivity index (χ1) is 7.19. The molecule has 1 amide bonds. The molecule has 15 heavy (non-hydrogen) atoms. The molecule has 0 aliphatic heterocycles. The number of carbonyl (C=O) groups excluding carboxylic acids is 1. The van der Waals surface area contributed by atoms with Gasteiger partial charge in [-0.2, -0.15) is 4.98 Å². The number of amides is 1. The van der Waals surface area contributed by atoms with Crippen LogP contribution in [0.5, 0.6) is 0 Å². The van der Waals surface area contributed by atoms with Crippen molar-refractivity contribution in [3.05, 3.63) is 17.3 Å². The Morgan fingerprint density at radius 1 is 1.53 bits per heavy atom. The van der Waals surface area contributed by atoms with E-state index in [-0.39, 0.29) is 5.95 Å². The van der Waals surface area contributed by atoms with E-state index in [0.717, 1.165) is 0 Å². The van der Waals surface area contributed by atoms with Gasteiger partial charge in [0.25, 0.3) is 0 Å². The second-order valence-corrected chi connectivity index (χ2v) is 3.09. The van der Waals surface area contributed by atoms with Crippen LogP contribution in [0.4, 0.5) is 10.7 Å². The van der Waals surface area contributed by atoms with Gasteiger partial charge in [-0.1, -0.05) is 11.6 Å². The van der Waals surface area contributed by atoms with Crippen LogP contribution < -0.4 is 5.32 Å². The zero-order chi connectivity index (χ0) is 10.8. The number of hydrogen-bond acceptors (Lipinski definition) is 4. The van der Waals surface area contributed by atoms with Crippen molar-refractivity contribution in [1.82, 2.24) is 15.0 Å². The molecule has 0 aromatic carbocycles. The molecule has 7 heteroatoms. The number of carbonyl (C=O) groups is 1. The maximum atomic E-state index is 10.9. The minimum Gasteiger partial charge on any atom is -0.453 e. The van der Waals surface area contributed by atoms with Gasteiger partial charge in [0.05, 0.1) is 12.6 Å². The van der Waals surface area contributed by atoms with Gasteiger partial charge in [-0.05, 0) is 12.1 Å². The monoisotopic (exact) mass is 226 g/mol. The molecule has 0 atom stereocenters. The summed E-state index contributed by atoms with van der Waals surface area (Å²) in [7, 11) is 1.27. The van der Waals surface area contributed by atoms with Gasteiger partial charge in [-0.25, -0.2) is 9.78 Å². The maximum absolute atomic E-state index is 10.9. The maximum Gasteiger partial charge on any atom is 0.413 e. The quantitative estimate of drug-likeness (QED) is 0.727. The van der Waals surface area contributed by atoms with Gasteiger partial charge < -0.3 is 9.72 Å². The standard InChI is InChI=1S/C8H7ClN4O2/c1-15-8(14)13-7-10-4-2-3-5(9)11-6(4)12-7/h2-3H,1H3,(H2,10,11,12,13,14). The Hall–Kier alpha value is -1.82. The van der Waals surface area contributed by atoms with E-state index in [4.69, 9.17) is 11.6 Å². The number of nitrogens with one attached hydrogen (secondary N) is 2. The zero-order valence-corrected chi connectivity index (χ0v) is 8.50. The summed E-state index contributed by atoms with van der Waals surface area (Å²) < 4.78 is 4.42. The average molecular weight is 227 g/mol. The Morgan fingerprint density at radius 3 is 3.07 bits per heavy atom. The third-order valence-electron chi connectivity index (χ3n) is 1.72. The molecule has 0 aliphatic carbocycles. The molecule has 0 saturated carbocycles. The normalized spacial score (nSPS) is 10.3. The summed E-state index contributed by atoms with van der Waals surface area (Å²) >= 11 is 5.68. The number of halogens is 1. The van der Waals surface area contributed by atoms with E-state index in [2.05, 4.69) is 25.0 Å². The summed E-state index contributed by atoms with van der Waals surface area (Å²) in [6.07, 6.45) is -0.597. The van der Waals surface area contributed by atoms with E-state index < -0.39 is 6.09 Å². The largest absolute Gasteiger partial charge is 0.453 e. The van der Waals surface area contributed by atoms with Crippen LogP contribution in [-0.4, -0.2) is 28.2 Å². The molecular formula is C8H7ClN4O2. The van der Waals surface area contributed by atoms with Crippen molar-refractivity contribution in [2.24, 2.45) is 0 Å². The first kappa shape index (κ1) is 9.72. The molecule has 78 valence electrons. The molecule has 2 rings (SSSR count). The fourth-order valence-electron chi connectivity index (χ4n) is 1.08. The summed E-state index contributed by atoms with van der Waals surface area (Å²) in [5, 5.41) is 2.74. The summed E-state index contributed by atoms with van der Waals surface area (Å²) in [6.45, 7) is 0. The van der Waals surface area contributed by atoms with Gasteiger partial charge in [0.1, 0.15) is 5.15 Å². The van der Waals surface area contributed by atoms with Crippen molar-refractivity contribution in [2.75, 3.05) is 12.4 Å². The molecule has 0 bridgehead atoms. The number of rotatable bonds is 1. The molecule has 2 aromatic heterocycles. The number of methoxy groups -OCH3 is 1. The first-order valence-corrected chi connectivity index (χ1v) is 4.44. The van der Waals surface area contributed by atoms with E-state index in [9.17, 15) is 4.79 Å². The number of pyridine rings is 1. The number of imidazole rings is 1. The summed E-state index contributed by atoms with van der Waals surface area (Å²) in [6, 6.07) is 3.35. The Bertz CT molecular complexity index is 510. The number of hydrogen-bond donors (Lipinski definition) is 2. The molecular weight excluding hydrogens is 220 g/mol. The van der Waals surface area contributed by atoms with Crippen LogP contribution in [0, 0.1) is 0 Å². The third-order valence-corrected chi connectivity index (χ3v) is 1.93. The van der Waals surface area contributed by atoms with E-state index >= 15 is 0 Å². The van der Waals surface area contributed by atoms with Crippen LogP contribution in [0.3, 0.4) is 0 Å². The molecule has 0 aliphatic rings. The predicted octanol–water partition coefficient (Wildman–Crippen LogP) is 1.79. The van der Waals surface area contributed by atoms with Crippen molar-refractivity contribution in [3.63, 3.8) is 0 Å². The highest BCUT2D eigenvalue weighted by Crippen LogP contribution is 2.15. The smallest absolute Gasteiger partial charge is 0.413 e. The van der Waals surface area contributed by atoms with E-state index in [1.54, 1.807) is 12.1 Å². The lowest BCUT2D eigenvalue weighted by atomic mass is 10.4. The Kier molecular flexibility index (Phi) is 2.42. The highest BCUT2D eigenvalue weighted by Gasteiger charge is 2.07. The van der Waals surface area contributed by atoms with E-state index in [1.165, 1.54) is 7.11 Å². The minimum atomic E-state index is -0.597. The predicted molar refractivity (Wildman–Crippen MR) is 54.9 cm³/mol. The number of aromatic nitrogens is 3. The summed E-state index contributed by atoms with van der Waals surface area (Å²) in [5.74, 6) is 0.270. The van der Waals surface area contributed by atoms with Gasteiger partial charge in [0, 0.05) is 0 Å². The number of ether oxygens (including phenoxy) is 1. The Labute approximate surface area is 89.6 Å². The lowest BCUT2D eigenvalue weighted by Crippen LogP contribution is -2.11. The van der Waals surface area contributed by atoms with Gasteiger partial charge >= 0.3 is 6.09 Å². The van der Waals surface area contributed by atoms with Crippen LogP contribution in [0.25, 0.3) is 11.2 Å². The lowest BCUT2D eigenvalue weighted by molar-refractivity contribution is 0.186. The third kappa shape index (κ3) is 1.99. The van der Waals surface area contributed by atoms with Gasteiger partial charge in [-0.15, -0.1) is 0 Å². The van der Waals surface area contributed by atoms with Crippen LogP contribution in [0.15, 0.2) is 12.1 Å². The molecule has 0 unspecified atom stereocenters. The zero-order valence-electron chi connectivity index (χ0n) is 7.74. The number of H-pyrrole nitrogens is 1. The second kappa shape index (κ2) is 3.74. The lowest BCUT2D eigenvalue weighted by Gasteiger charge is -1.96. The van der Waals surface area contributed by atoms with Gasteiger partial charge in [0.15, 0.2) is 5.65 Å². The molecule has 2 heterocycles. The minimum absolute atomic E-state index is 0.270. The van der Waals surface area contributed by atoms with Gasteiger partial charge in [-0.3, -0.25) is 5.32 Å². The topological polar surface area (TPSA) is 79.9 Å². The molecule has 2 aromatic rings. The van der Waals surface area contributed by atoms with E-state index in [0.29, 0.717) is 16.3 Å². The highest BCUT2D eigenvalue weighted by molar-refractivity contribution is 6.29. The Morgan fingerprint density at radius 2 is 2.33 bits per heavy atom. The summed E-state index contributed by atoms with van der Waals surface area (Å²) in [5.41, 5.74) is 1.12. The molecule has 2 N–H and O–H groups in total. The average Bonchev–Trinajstić information content (AvgIpc) is 2.59. The molecule has 0 radical (unpaired) electrons. The molecule has 6 nitrogen and oxygen atoms in total. The fourth-order valence-corrected chi connectivity index (χ4v) is 1.22. The van der Waals surface area contributed by atoms with Gasteiger partial charge in [0.2, 0.25) is 5.95 Å². The van der Waals surface area contributed by atoms with Crippen molar-refractivity contribution in [3.8, 4) is 0 Å². The number of nitrogens with zero attached hydrogens (tertiary/aromatic N) is 2. The van der Waals surface area contributed by atoms with Crippen molar-refractivity contribution >= 4 is 34.8 Å². The molecule has 0 spiro atoms. The van der Waals surface area contributed by atoms with Crippen molar-refractivity contribution < 1.29 is 9.53 Å². The molecule has 0 fully saturated rings. The SMILES string of the molecule is COC(=O)Nc1nc2nc(Cl)ccc2[nH]1. The molecule has 0 saturated heterocycles. The first-order valence-electron chi connectivity index (χ1n) is 4.06. The van der Waals surface area contributed by atoms with Crippen LogP contribution in [-0.2, 0) is 4.74 Å². The van der Waals surface area contributed by atoms with Crippen LogP contribution >= 0.6 is 11.6 Å². The van der Waals surface area contributed by atoms with Crippen LogP contribution in [0.2, 0.25) is 5.15 Å². The van der Waals surface area contributed by atoms with Crippen molar-refractivity contribution in [2.45, 2.75) is 0 Å².